The molecule has 0 spiro atoms. The number of ether oxygens (including phenoxy) is 1. The lowest BCUT2D eigenvalue weighted by Crippen LogP contribution is -2.05. The van der Waals surface area contributed by atoms with E-state index in [1.54, 1.807) is 12.5 Å². The van der Waals surface area contributed by atoms with Crippen LogP contribution in [-0.4, -0.2) is 22.5 Å². The summed E-state index contributed by atoms with van der Waals surface area (Å²) in [5, 5.41) is 5.40. The summed E-state index contributed by atoms with van der Waals surface area (Å²) >= 11 is 4.54. The molecule has 6 heteroatoms. The summed E-state index contributed by atoms with van der Waals surface area (Å²) in [6, 6.07) is 5.57. The fraction of sp³-hybridized carbons (Fsp3) is 0.182. The van der Waals surface area contributed by atoms with Gasteiger partial charge < -0.3 is 4.74 Å². The van der Waals surface area contributed by atoms with Crippen LogP contribution in [-0.2, 0) is 6.42 Å². The molecule has 1 aromatic heterocycles. The molecule has 0 unspecified atom stereocenters. The zero-order valence-corrected chi connectivity index (χ0v) is 11.4. The average molecular weight is 313 g/mol. The molecule has 0 atom stereocenters. The number of rotatable bonds is 4. The maximum Gasteiger partial charge on any atom is 0.188 e. The SMILES string of the molecule is COc1ccc(Br)cc1CC(=O)c1csnn1. The molecule has 1 aromatic carbocycles. The van der Waals surface area contributed by atoms with Gasteiger partial charge in [-0.3, -0.25) is 4.79 Å². The van der Waals surface area contributed by atoms with Crippen molar-refractivity contribution in [3.63, 3.8) is 0 Å². The zero-order valence-electron chi connectivity index (χ0n) is 9.01. The third-order valence-corrected chi connectivity index (χ3v) is 3.24. The number of methoxy groups -OCH3 is 1. The number of Topliss-reactive ketones (excluding diaryl/α,β-unsaturated/α-hetero) is 1. The van der Waals surface area contributed by atoms with Crippen molar-refractivity contribution in [3.8, 4) is 5.75 Å². The van der Waals surface area contributed by atoms with E-state index in [0.717, 1.165) is 10.0 Å². The van der Waals surface area contributed by atoms with Gasteiger partial charge in [-0.2, -0.15) is 0 Å². The van der Waals surface area contributed by atoms with Gasteiger partial charge in [0.15, 0.2) is 5.78 Å². The topological polar surface area (TPSA) is 52.1 Å². The summed E-state index contributed by atoms with van der Waals surface area (Å²) in [7, 11) is 1.58. The van der Waals surface area contributed by atoms with Gasteiger partial charge in [0.25, 0.3) is 0 Å². The molecule has 0 fully saturated rings. The predicted molar refractivity (Wildman–Crippen MR) is 68.6 cm³/mol. The van der Waals surface area contributed by atoms with E-state index >= 15 is 0 Å². The second-order valence-corrected chi connectivity index (χ2v) is 4.87. The molecule has 0 amide bonds. The summed E-state index contributed by atoms with van der Waals surface area (Å²) in [6.45, 7) is 0. The van der Waals surface area contributed by atoms with E-state index in [2.05, 4.69) is 25.5 Å². The average Bonchev–Trinajstić information content (AvgIpc) is 2.83. The Bertz CT molecular complexity index is 528. The minimum atomic E-state index is -0.0600. The lowest BCUT2D eigenvalue weighted by Gasteiger charge is -2.07. The first-order chi connectivity index (χ1) is 8.20. The number of nitrogens with zero attached hydrogens (tertiary/aromatic N) is 2. The van der Waals surface area contributed by atoms with E-state index in [0.29, 0.717) is 11.4 Å². The highest BCUT2D eigenvalue weighted by Crippen LogP contribution is 2.24. The number of ketones is 1. The molecular formula is C11H9BrN2O2S. The van der Waals surface area contributed by atoms with E-state index in [9.17, 15) is 4.79 Å². The number of hydrogen-bond acceptors (Lipinski definition) is 5. The van der Waals surface area contributed by atoms with Gasteiger partial charge in [0, 0.05) is 21.8 Å². The van der Waals surface area contributed by atoms with Crippen LogP contribution in [0, 0.1) is 0 Å². The zero-order chi connectivity index (χ0) is 12.3. The van der Waals surface area contributed by atoms with E-state index in [-0.39, 0.29) is 12.2 Å². The van der Waals surface area contributed by atoms with E-state index in [4.69, 9.17) is 4.74 Å². The van der Waals surface area contributed by atoms with Crippen LogP contribution in [0.25, 0.3) is 0 Å². The van der Waals surface area contributed by atoms with Crippen LogP contribution in [0.3, 0.4) is 0 Å². The number of carbonyl (C=O) groups excluding carboxylic acids is 1. The molecule has 0 saturated carbocycles. The Hall–Kier alpha value is -1.27. The second-order valence-electron chi connectivity index (χ2n) is 3.35. The quantitative estimate of drug-likeness (QED) is 0.815. The maximum absolute atomic E-state index is 11.9. The summed E-state index contributed by atoms with van der Waals surface area (Å²) in [6.07, 6.45) is 0.258. The Balaban J connectivity index is 2.23. The van der Waals surface area contributed by atoms with E-state index in [1.807, 2.05) is 18.2 Å². The molecule has 1 heterocycles. The van der Waals surface area contributed by atoms with Crippen molar-refractivity contribution in [2.75, 3.05) is 7.11 Å². The standard InChI is InChI=1S/C11H9BrN2O2S/c1-16-11-3-2-8(12)4-7(11)5-10(15)9-6-17-14-13-9/h2-4,6H,5H2,1H3. The second kappa shape index (κ2) is 5.37. The smallest absolute Gasteiger partial charge is 0.188 e. The molecule has 4 nitrogen and oxygen atoms in total. The third kappa shape index (κ3) is 2.89. The van der Waals surface area contributed by atoms with Crippen LogP contribution >= 0.6 is 27.5 Å². The number of benzene rings is 1. The van der Waals surface area contributed by atoms with Gasteiger partial charge in [-0.1, -0.05) is 20.4 Å². The van der Waals surface area contributed by atoms with Crippen molar-refractivity contribution in [1.82, 2.24) is 9.59 Å². The summed E-state index contributed by atoms with van der Waals surface area (Å²) in [5.74, 6) is 0.639. The van der Waals surface area contributed by atoms with Crippen LogP contribution in [0.15, 0.2) is 28.1 Å². The number of carbonyl (C=O) groups is 1. The normalized spacial score (nSPS) is 10.2. The molecule has 88 valence electrons. The molecule has 0 saturated heterocycles. The highest BCUT2D eigenvalue weighted by Gasteiger charge is 2.13. The minimum absolute atomic E-state index is 0.0600. The number of aromatic nitrogens is 2. The molecule has 2 rings (SSSR count). The van der Waals surface area contributed by atoms with Crippen molar-refractivity contribution in [3.05, 3.63) is 39.3 Å². The molecule has 0 N–H and O–H groups in total. The van der Waals surface area contributed by atoms with Gasteiger partial charge in [-0.15, -0.1) is 5.10 Å². The number of halogens is 1. The third-order valence-electron chi connectivity index (χ3n) is 2.24. The maximum atomic E-state index is 11.9. The van der Waals surface area contributed by atoms with Crippen LogP contribution in [0.1, 0.15) is 16.1 Å². The highest BCUT2D eigenvalue weighted by atomic mass is 79.9. The van der Waals surface area contributed by atoms with Gasteiger partial charge in [-0.05, 0) is 29.7 Å². The monoisotopic (exact) mass is 312 g/mol. The Labute approximate surface area is 111 Å². The first-order valence-corrected chi connectivity index (χ1v) is 6.46. The van der Waals surface area contributed by atoms with Gasteiger partial charge in [0.1, 0.15) is 11.4 Å². The van der Waals surface area contributed by atoms with Crippen LogP contribution < -0.4 is 4.74 Å². The fourth-order valence-corrected chi connectivity index (χ4v) is 2.30. The van der Waals surface area contributed by atoms with Crippen LogP contribution in [0.5, 0.6) is 5.75 Å². The van der Waals surface area contributed by atoms with E-state index < -0.39 is 0 Å². The fourth-order valence-electron chi connectivity index (χ4n) is 1.43. The minimum Gasteiger partial charge on any atom is -0.496 e. The Kier molecular flexibility index (Phi) is 3.86. The van der Waals surface area contributed by atoms with Crippen molar-refractivity contribution in [2.24, 2.45) is 0 Å². The van der Waals surface area contributed by atoms with Crippen molar-refractivity contribution >= 4 is 33.2 Å². The van der Waals surface area contributed by atoms with Gasteiger partial charge >= 0.3 is 0 Å². The van der Waals surface area contributed by atoms with Crippen LogP contribution in [0.2, 0.25) is 0 Å². The van der Waals surface area contributed by atoms with Gasteiger partial charge in [-0.25, -0.2) is 0 Å². The Morgan fingerprint density at radius 3 is 3.00 bits per heavy atom. The van der Waals surface area contributed by atoms with Gasteiger partial charge in [0.05, 0.1) is 7.11 Å². The molecule has 0 bridgehead atoms. The summed E-state index contributed by atoms with van der Waals surface area (Å²) in [5.41, 5.74) is 1.23. The predicted octanol–water partition coefficient (Wildman–Crippen LogP) is 2.73. The Morgan fingerprint density at radius 2 is 2.35 bits per heavy atom. The van der Waals surface area contributed by atoms with Gasteiger partial charge in [0.2, 0.25) is 0 Å². The van der Waals surface area contributed by atoms with Crippen LogP contribution in [0.4, 0.5) is 0 Å². The lowest BCUT2D eigenvalue weighted by molar-refractivity contribution is 0.0987. The Morgan fingerprint density at radius 1 is 1.53 bits per heavy atom. The molecular weight excluding hydrogens is 304 g/mol. The largest absolute Gasteiger partial charge is 0.496 e. The molecule has 0 aliphatic carbocycles. The summed E-state index contributed by atoms with van der Waals surface area (Å²) < 4.78 is 9.80. The molecule has 0 radical (unpaired) electrons. The highest BCUT2D eigenvalue weighted by molar-refractivity contribution is 9.10. The van der Waals surface area contributed by atoms with E-state index in [1.165, 1.54) is 11.5 Å². The first-order valence-electron chi connectivity index (χ1n) is 4.83. The number of hydrogen-bond donors (Lipinski definition) is 0. The molecule has 0 aliphatic heterocycles. The summed E-state index contributed by atoms with van der Waals surface area (Å²) in [4.78, 5) is 11.9. The van der Waals surface area contributed by atoms with Crippen molar-refractivity contribution in [2.45, 2.75) is 6.42 Å². The molecule has 0 aliphatic rings. The lowest BCUT2D eigenvalue weighted by atomic mass is 10.1. The molecule has 2 aromatic rings. The van der Waals surface area contributed by atoms with Crippen molar-refractivity contribution < 1.29 is 9.53 Å². The first kappa shape index (κ1) is 12.2. The van der Waals surface area contributed by atoms with Crippen molar-refractivity contribution in [1.29, 1.82) is 0 Å². The molecule has 17 heavy (non-hydrogen) atoms.